The Labute approximate surface area is 237 Å². The quantitative estimate of drug-likeness (QED) is 0.584. The summed E-state index contributed by atoms with van der Waals surface area (Å²) in [4.78, 5) is 70.8. The van der Waals surface area contributed by atoms with Crippen LogP contribution >= 0.6 is 0 Å². The average molecular weight is 553 g/mol. The molecule has 9 heteroatoms. The topological polar surface area (TPSA) is 107 Å². The molecule has 3 aliphatic rings. The van der Waals surface area contributed by atoms with E-state index in [-0.39, 0.29) is 47.3 Å². The molecule has 0 radical (unpaired) electrons. The molecule has 1 aromatic rings. The molecular formula is C31H44N4O5. The highest BCUT2D eigenvalue weighted by Crippen LogP contribution is 2.33. The molecule has 0 aliphatic carbocycles. The van der Waals surface area contributed by atoms with Gasteiger partial charge in [-0.15, -0.1) is 0 Å². The maximum Gasteiger partial charge on any atom is 0.251 e. The molecule has 4 rings (SSSR count). The minimum absolute atomic E-state index is 0.0398. The second-order valence-electron chi connectivity index (χ2n) is 13.0. The molecule has 4 unspecified atom stereocenters. The molecule has 0 saturated carbocycles. The molecule has 9 nitrogen and oxygen atoms in total. The minimum atomic E-state index is -0.780. The van der Waals surface area contributed by atoms with Crippen LogP contribution in [0.4, 0.5) is 0 Å². The zero-order chi connectivity index (χ0) is 29.4. The van der Waals surface area contributed by atoms with Crippen LogP contribution < -0.4 is 5.32 Å². The third kappa shape index (κ3) is 6.08. The Kier molecular flexibility index (Phi) is 8.71. The first-order chi connectivity index (χ1) is 18.8. The van der Waals surface area contributed by atoms with Crippen molar-refractivity contribution >= 4 is 29.4 Å². The van der Waals surface area contributed by atoms with Crippen molar-refractivity contribution in [1.29, 1.82) is 0 Å². The number of Topliss-reactive ketones (excluding diaryl/α,β-unsaturated/α-hetero) is 1. The van der Waals surface area contributed by atoms with Gasteiger partial charge in [-0.3, -0.25) is 24.0 Å². The number of hydrogen-bond acceptors (Lipinski definition) is 5. The smallest absolute Gasteiger partial charge is 0.251 e. The van der Waals surface area contributed by atoms with Crippen LogP contribution in [0.2, 0.25) is 0 Å². The lowest BCUT2D eigenvalue weighted by Crippen LogP contribution is -2.54. The average Bonchev–Trinajstić information content (AvgIpc) is 3.48. The van der Waals surface area contributed by atoms with Gasteiger partial charge in [-0.25, -0.2) is 0 Å². The van der Waals surface area contributed by atoms with Gasteiger partial charge in [0.1, 0.15) is 18.1 Å². The van der Waals surface area contributed by atoms with Gasteiger partial charge in [0.15, 0.2) is 5.78 Å². The van der Waals surface area contributed by atoms with Gasteiger partial charge < -0.3 is 20.0 Å². The summed E-state index contributed by atoms with van der Waals surface area (Å²) in [6, 6.07) is 4.96. The molecule has 0 bridgehead atoms. The molecular weight excluding hydrogens is 508 g/mol. The first kappa shape index (κ1) is 29.7. The van der Waals surface area contributed by atoms with Crippen molar-refractivity contribution in [1.82, 2.24) is 20.0 Å². The molecule has 3 saturated heterocycles. The summed E-state index contributed by atoms with van der Waals surface area (Å²) in [5.41, 5.74) is 1.55. The van der Waals surface area contributed by atoms with Crippen LogP contribution in [-0.4, -0.2) is 87.9 Å². The highest BCUT2D eigenvalue weighted by Gasteiger charge is 2.53. The van der Waals surface area contributed by atoms with Gasteiger partial charge in [-0.05, 0) is 61.1 Å². The number of rotatable bonds is 6. The summed E-state index contributed by atoms with van der Waals surface area (Å²) in [6.07, 6.45) is 3.24. The molecule has 4 amide bonds. The number of carbonyl (C=O) groups is 5. The monoisotopic (exact) mass is 552 g/mol. The Morgan fingerprint density at radius 3 is 2.23 bits per heavy atom. The second-order valence-corrected chi connectivity index (χ2v) is 13.0. The molecule has 0 spiro atoms. The molecule has 1 N–H and O–H groups in total. The van der Waals surface area contributed by atoms with Gasteiger partial charge in [0.2, 0.25) is 17.7 Å². The molecule has 0 aromatic heterocycles. The lowest BCUT2D eigenvalue weighted by atomic mass is 9.86. The highest BCUT2D eigenvalue weighted by molar-refractivity contribution is 6.01. The fourth-order valence-electron chi connectivity index (χ4n) is 6.37. The van der Waals surface area contributed by atoms with Gasteiger partial charge >= 0.3 is 0 Å². The molecule has 1 aromatic carbocycles. The summed E-state index contributed by atoms with van der Waals surface area (Å²) in [6.45, 7) is 12.6. The van der Waals surface area contributed by atoms with Crippen molar-refractivity contribution in [2.24, 2.45) is 5.92 Å². The number of fused-ring (bicyclic) bond motifs is 1. The predicted molar refractivity (Wildman–Crippen MR) is 152 cm³/mol. The Morgan fingerprint density at radius 1 is 0.950 bits per heavy atom. The second kappa shape index (κ2) is 11.7. The van der Waals surface area contributed by atoms with E-state index in [2.05, 4.69) is 26.1 Å². The van der Waals surface area contributed by atoms with E-state index in [1.54, 1.807) is 26.8 Å². The van der Waals surface area contributed by atoms with Gasteiger partial charge in [0.05, 0.1) is 12.6 Å². The Bertz CT molecular complexity index is 1160. The first-order valence-electron chi connectivity index (χ1n) is 14.6. The third-order valence-corrected chi connectivity index (χ3v) is 8.50. The van der Waals surface area contributed by atoms with E-state index in [1.165, 1.54) is 6.92 Å². The summed E-state index contributed by atoms with van der Waals surface area (Å²) in [5.74, 6) is -0.976. The van der Waals surface area contributed by atoms with E-state index in [1.807, 2.05) is 26.0 Å². The van der Waals surface area contributed by atoms with Crippen molar-refractivity contribution in [3.05, 3.63) is 35.4 Å². The SMILES string of the molecule is CC(=O)N1CCCCC1C(=O)N1CC(=O)C2C1CCN2C(=O)C(CC(C)C)NC(=O)c1ccc(C(C)(C)C)cc1. The standard InChI is InChI=1S/C31H44N4O5/c1-19(2)17-23(32-28(38)21-10-12-22(13-11-21)31(4,5)6)29(39)34-16-14-24-27(34)26(37)18-35(24)30(40)25-9-7-8-15-33(25)20(3)36/h10-13,19,23-25,27H,7-9,14-18H2,1-6H3,(H,32,38). The summed E-state index contributed by atoms with van der Waals surface area (Å²) >= 11 is 0. The van der Waals surface area contributed by atoms with Crippen LogP contribution in [0.3, 0.4) is 0 Å². The number of nitrogens with one attached hydrogen (secondary N) is 1. The number of carbonyl (C=O) groups excluding carboxylic acids is 5. The van der Waals surface area contributed by atoms with Crippen molar-refractivity contribution < 1.29 is 24.0 Å². The van der Waals surface area contributed by atoms with Gasteiger partial charge in [-0.2, -0.15) is 0 Å². The van der Waals surface area contributed by atoms with Crippen molar-refractivity contribution in [2.75, 3.05) is 19.6 Å². The van der Waals surface area contributed by atoms with E-state index in [0.717, 1.165) is 18.4 Å². The number of hydrogen-bond donors (Lipinski definition) is 1. The molecule has 4 atom stereocenters. The summed E-state index contributed by atoms with van der Waals surface area (Å²) in [7, 11) is 0. The number of benzene rings is 1. The number of likely N-dealkylation sites (tertiary alicyclic amines) is 3. The van der Waals surface area contributed by atoms with Gasteiger partial charge in [0, 0.05) is 25.6 Å². The Balaban J connectivity index is 1.49. The molecule has 3 fully saturated rings. The van der Waals surface area contributed by atoms with Crippen LogP contribution in [-0.2, 0) is 24.6 Å². The van der Waals surface area contributed by atoms with E-state index in [4.69, 9.17) is 0 Å². The third-order valence-electron chi connectivity index (χ3n) is 8.50. The molecule has 3 aliphatic heterocycles. The van der Waals surface area contributed by atoms with Crippen LogP contribution in [0.25, 0.3) is 0 Å². The number of piperidine rings is 1. The maximum absolute atomic E-state index is 13.8. The van der Waals surface area contributed by atoms with Crippen LogP contribution in [0, 0.1) is 5.92 Å². The largest absolute Gasteiger partial charge is 0.340 e. The van der Waals surface area contributed by atoms with E-state index < -0.39 is 24.2 Å². The van der Waals surface area contributed by atoms with E-state index in [9.17, 15) is 24.0 Å². The molecule has 3 heterocycles. The van der Waals surface area contributed by atoms with E-state index in [0.29, 0.717) is 37.9 Å². The van der Waals surface area contributed by atoms with Crippen molar-refractivity contribution in [2.45, 2.75) is 103 Å². The minimum Gasteiger partial charge on any atom is -0.340 e. The lowest BCUT2D eigenvalue weighted by molar-refractivity contribution is -0.147. The highest BCUT2D eigenvalue weighted by atomic mass is 16.2. The number of ketones is 1. The normalized spacial score (nSPS) is 23.8. The van der Waals surface area contributed by atoms with Gasteiger partial charge in [0.25, 0.3) is 5.91 Å². The summed E-state index contributed by atoms with van der Waals surface area (Å²) < 4.78 is 0. The van der Waals surface area contributed by atoms with Crippen LogP contribution in [0.1, 0.15) is 89.6 Å². The van der Waals surface area contributed by atoms with Crippen LogP contribution in [0.15, 0.2) is 24.3 Å². The fourth-order valence-corrected chi connectivity index (χ4v) is 6.37. The fraction of sp³-hybridized carbons (Fsp3) is 0.645. The van der Waals surface area contributed by atoms with Crippen molar-refractivity contribution in [3.8, 4) is 0 Å². The summed E-state index contributed by atoms with van der Waals surface area (Å²) in [5, 5.41) is 2.93. The molecule has 218 valence electrons. The zero-order valence-corrected chi connectivity index (χ0v) is 24.7. The number of amides is 4. The lowest BCUT2D eigenvalue weighted by Gasteiger charge is -2.37. The predicted octanol–water partition coefficient (Wildman–Crippen LogP) is 2.91. The Morgan fingerprint density at radius 2 is 1.62 bits per heavy atom. The van der Waals surface area contributed by atoms with Crippen LogP contribution in [0.5, 0.6) is 0 Å². The molecule has 40 heavy (non-hydrogen) atoms. The van der Waals surface area contributed by atoms with Gasteiger partial charge in [-0.1, -0.05) is 46.8 Å². The number of nitrogens with zero attached hydrogens (tertiary/aromatic N) is 3. The Hall–Kier alpha value is -3.23. The zero-order valence-electron chi connectivity index (χ0n) is 24.7. The first-order valence-corrected chi connectivity index (χ1v) is 14.6. The van der Waals surface area contributed by atoms with Crippen molar-refractivity contribution in [3.63, 3.8) is 0 Å². The van der Waals surface area contributed by atoms with E-state index >= 15 is 0 Å². The maximum atomic E-state index is 13.8.